The molecule has 0 heterocycles. The third kappa shape index (κ3) is 3.84. The molecule has 3 rings (SSSR count). The van der Waals surface area contributed by atoms with Gasteiger partial charge in [-0.15, -0.1) is 11.1 Å². The van der Waals surface area contributed by atoms with Crippen molar-refractivity contribution in [2.45, 2.75) is 40.4 Å². The highest BCUT2D eigenvalue weighted by Gasteiger charge is 2.40. The lowest BCUT2D eigenvalue weighted by atomic mass is 10.2. The van der Waals surface area contributed by atoms with E-state index in [1.54, 1.807) is 0 Å². The Hall–Kier alpha value is -1.62. The van der Waals surface area contributed by atoms with Crippen molar-refractivity contribution in [1.82, 2.24) is 0 Å². The van der Waals surface area contributed by atoms with Crippen LogP contribution in [0.25, 0.3) is 0 Å². The van der Waals surface area contributed by atoms with Crippen LogP contribution in [0.4, 0.5) is 0 Å². The van der Waals surface area contributed by atoms with Crippen LogP contribution in [0, 0.1) is 20.8 Å². The van der Waals surface area contributed by atoms with Crippen molar-refractivity contribution in [3.05, 3.63) is 83.4 Å². The second-order valence-electron chi connectivity index (χ2n) is 8.63. The van der Waals surface area contributed by atoms with Gasteiger partial charge in [0.15, 0.2) is 0 Å². The van der Waals surface area contributed by atoms with Gasteiger partial charge in [0.1, 0.15) is 0 Å². The Morgan fingerprint density at radius 3 is 1.52 bits per heavy atom. The molecular weight excluding hydrogens is 380 g/mol. The van der Waals surface area contributed by atoms with E-state index in [2.05, 4.69) is 107 Å². The lowest BCUT2D eigenvalue weighted by Gasteiger charge is -2.31. The first kappa shape index (κ1) is 20.1. The first-order valence-corrected chi connectivity index (χ1v) is 16.1. The summed E-state index contributed by atoms with van der Waals surface area (Å²) >= 11 is 7.77. The maximum absolute atomic E-state index is 7.77. The Kier molecular flexibility index (Phi) is 5.53. The first-order valence-electron chi connectivity index (χ1n) is 9.58. The fraction of sp³-hybridized carbons (Fsp3) is 0.250. The molecule has 0 saturated heterocycles. The number of aryl methyl sites for hydroxylation is 3. The Bertz CT molecular complexity index is 925. The molecule has 0 fully saturated rings. The third-order valence-corrected chi connectivity index (χ3v) is 13.0. The van der Waals surface area contributed by atoms with Crippen molar-refractivity contribution >= 4 is 47.3 Å². The van der Waals surface area contributed by atoms with Crippen molar-refractivity contribution in [3.8, 4) is 0 Å². The van der Waals surface area contributed by atoms with Gasteiger partial charge < -0.3 is 0 Å². The maximum Gasteiger partial charge on any atom is 0.248 e. The van der Waals surface area contributed by atoms with Crippen LogP contribution in [0.15, 0.2) is 66.7 Å². The summed E-state index contributed by atoms with van der Waals surface area (Å²) in [6, 6.07) is 24.4. The van der Waals surface area contributed by atoms with E-state index < -0.39 is 15.5 Å². The summed E-state index contributed by atoms with van der Waals surface area (Å²) in [6.45, 7) is 13.8. The minimum absolute atomic E-state index is 1.28. The molecule has 0 aliphatic carbocycles. The molecule has 0 aliphatic rings. The normalized spacial score (nSPS) is 12.3. The fourth-order valence-corrected chi connectivity index (χ4v) is 10.4. The molecule has 0 aliphatic heterocycles. The highest BCUT2D eigenvalue weighted by molar-refractivity contribution is 7.40. The molecule has 0 radical (unpaired) electrons. The summed E-state index contributed by atoms with van der Waals surface area (Å²) in [5.41, 5.74) is 3.86. The average Bonchev–Trinajstić information content (AvgIpc) is 2.60. The minimum Gasteiger partial charge on any atom is -0.149 e. The molecule has 0 amide bonds. The van der Waals surface area contributed by atoms with E-state index in [9.17, 15) is 0 Å². The van der Waals surface area contributed by atoms with Gasteiger partial charge in [-0.1, -0.05) is 97.1 Å². The van der Waals surface area contributed by atoms with E-state index >= 15 is 0 Å². The number of hydrogen-bond acceptors (Lipinski definition) is 0. The average molecular weight is 409 g/mol. The van der Waals surface area contributed by atoms with Crippen LogP contribution in [-0.2, 0) is 0 Å². The van der Waals surface area contributed by atoms with Crippen molar-refractivity contribution < 1.29 is 0 Å². The Labute approximate surface area is 171 Å². The van der Waals surface area contributed by atoms with Crippen LogP contribution in [0.5, 0.6) is 0 Å². The molecule has 140 valence electrons. The fourth-order valence-electron chi connectivity index (χ4n) is 3.79. The number of benzene rings is 3. The monoisotopic (exact) mass is 408 g/mol. The summed E-state index contributed by atoms with van der Waals surface area (Å²) < 4.78 is 0. The van der Waals surface area contributed by atoms with Crippen LogP contribution in [0.1, 0.15) is 16.7 Å². The SMILES string of the molecule is Cc1cc([Si](C)(C)C)cc([Si](Cl)(c2ccccc2C)c2ccccc2C)c1. The summed E-state index contributed by atoms with van der Waals surface area (Å²) in [6.07, 6.45) is 0. The van der Waals surface area contributed by atoms with Gasteiger partial charge in [-0.3, -0.25) is 0 Å². The van der Waals surface area contributed by atoms with Crippen molar-refractivity contribution in [3.63, 3.8) is 0 Å². The smallest absolute Gasteiger partial charge is 0.149 e. The second kappa shape index (κ2) is 7.42. The Morgan fingerprint density at radius 1 is 0.630 bits per heavy atom. The van der Waals surface area contributed by atoms with E-state index in [0.717, 1.165) is 0 Å². The predicted molar refractivity (Wildman–Crippen MR) is 127 cm³/mol. The van der Waals surface area contributed by atoms with Gasteiger partial charge in [-0.05, 0) is 47.5 Å². The molecule has 0 spiro atoms. The van der Waals surface area contributed by atoms with Gasteiger partial charge in [0.25, 0.3) is 0 Å². The van der Waals surface area contributed by atoms with E-state index in [0.29, 0.717) is 0 Å². The van der Waals surface area contributed by atoms with E-state index in [1.807, 2.05) is 0 Å². The number of hydrogen-bond donors (Lipinski definition) is 0. The molecule has 27 heavy (non-hydrogen) atoms. The zero-order valence-electron chi connectivity index (χ0n) is 17.2. The van der Waals surface area contributed by atoms with Crippen LogP contribution >= 0.6 is 11.1 Å². The molecular formula is C24H29ClSi2. The molecule has 0 unspecified atom stereocenters. The molecule has 0 nitrogen and oxygen atoms in total. The number of rotatable bonds is 4. The van der Waals surface area contributed by atoms with E-state index in [1.165, 1.54) is 37.4 Å². The standard InChI is InChI=1S/C24H29ClSi2/c1-18-15-21(26(4,5)6)17-22(16-18)27(25,23-13-9-7-11-19(23)2)24-14-10-8-12-20(24)3/h7-17H,1-6H3. The molecule has 3 heteroatoms. The van der Waals surface area contributed by atoms with E-state index in [4.69, 9.17) is 11.1 Å². The largest absolute Gasteiger partial charge is 0.248 e. The zero-order valence-corrected chi connectivity index (χ0v) is 20.0. The lowest BCUT2D eigenvalue weighted by Crippen LogP contribution is -2.65. The van der Waals surface area contributed by atoms with Crippen LogP contribution in [0.3, 0.4) is 0 Å². The molecule has 0 N–H and O–H groups in total. The molecule has 3 aromatic rings. The van der Waals surface area contributed by atoms with Gasteiger partial charge in [-0.2, -0.15) is 0 Å². The van der Waals surface area contributed by atoms with Gasteiger partial charge in [0.05, 0.1) is 8.07 Å². The summed E-state index contributed by atoms with van der Waals surface area (Å²) in [5, 5.41) is 5.39. The predicted octanol–water partition coefficient (Wildman–Crippen LogP) is 4.36. The lowest BCUT2D eigenvalue weighted by molar-refractivity contribution is 1.47. The van der Waals surface area contributed by atoms with E-state index in [-0.39, 0.29) is 0 Å². The van der Waals surface area contributed by atoms with Crippen LogP contribution in [0.2, 0.25) is 19.6 Å². The number of halogens is 1. The summed E-state index contributed by atoms with van der Waals surface area (Å²) in [4.78, 5) is 0. The Balaban J connectivity index is 2.38. The van der Waals surface area contributed by atoms with Crippen LogP contribution in [-0.4, -0.2) is 15.5 Å². The molecule has 0 atom stereocenters. The first-order chi connectivity index (χ1) is 12.6. The highest BCUT2D eigenvalue weighted by atomic mass is 35.6. The summed E-state index contributed by atoms with van der Waals surface area (Å²) in [5.74, 6) is 0. The van der Waals surface area contributed by atoms with Crippen molar-refractivity contribution in [2.24, 2.45) is 0 Å². The topological polar surface area (TPSA) is 0 Å². The Morgan fingerprint density at radius 2 is 1.07 bits per heavy atom. The van der Waals surface area contributed by atoms with Gasteiger partial charge >= 0.3 is 0 Å². The van der Waals surface area contributed by atoms with Crippen LogP contribution < -0.4 is 20.7 Å². The molecule has 3 aromatic carbocycles. The third-order valence-electron chi connectivity index (χ3n) is 5.37. The van der Waals surface area contributed by atoms with Gasteiger partial charge in [0.2, 0.25) is 7.38 Å². The van der Waals surface area contributed by atoms with Crippen molar-refractivity contribution in [2.75, 3.05) is 0 Å². The maximum atomic E-state index is 7.77. The summed E-state index contributed by atoms with van der Waals surface area (Å²) in [7, 11) is -4.05. The zero-order chi connectivity index (χ0) is 19.8. The minimum atomic E-state index is -2.61. The van der Waals surface area contributed by atoms with Gasteiger partial charge in [0, 0.05) is 0 Å². The molecule has 0 saturated carbocycles. The highest BCUT2D eigenvalue weighted by Crippen LogP contribution is 2.17. The van der Waals surface area contributed by atoms with Gasteiger partial charge in [-0.25, -0.2) is 0 Å². The quantitative estimate of drug-likeness (QED) is 0.341. The molecule has 0 bridgehead atoms. The van der Waals surface area contributed by atoms with Crippen molar-refractivity contribution in [1.29, 1.82) is 0 Å². The second-order valence-corrected chi connectivity index (χ2v) is 18.4. The molecule has 0 aromatic heterocycles.